The number of hydrogen-bond acceptors (Lipinski definition) is 6. The zero-order valence-corrected chi connectivity index (χ0v) is 13.2. The van der Waals surface area contributed by atoms with E-state index in [1.807, 2.05) is 6.92 Å². The monoisotopic (exact) mass is 315 g/mol. The standard InChI is InChI=1S/C12H17N3O3S2/c1-8-12(4-10(18-8)5-13-3)20(16,17)15-7-11-6-14-9(2)19-11/h4,6,13,15H,5,7H2,1-3H3. The molecule has 2 rings (SSSR count). The van der Waals surface area contributed by atoms with E-state index < -0.39 is 10.0 Å². The Morgan fingerprint density at radius 2 is 2.10 bits per heavy atom. The minimum Gasteiger partial charge on any atom is -0.464 e. The third kappa shape index (κ3) is 3.45. The number of hydrogen-bond donors (Lipinski definition) is 2. The molecule has 0 saturated heterocycles. The lowest BCUT2D eigenvalue weighted by Gasteiger charge is -2.03. The van der Waals surface area contributed by atoms with Crippen LogP contribution in [0.2, 0.25) is 0 Å². The van der Waals surface area contributed by atoms with Crippen molar-refractivity contribution in [3.8, 4) is 0 Å². The molecule has 6 nitrogen and oxygen atoms in total. The molecule has 0 radical (unpaired) electrons. The van der Waals surface area contributed by atoms with Gasteiger partial charge in [-0.05, 0) is 20.9 Å². The van der Waals surface area contributed by atoms with E-state index in [1.165, 1.54) is 11.3 Å². The van der Waals surface area contributed by atoms with Gasteiger partial charge in [-0.25, -0.2) is 18.1 Å². The molecular weight excluding hydrogens is 298 g/mol. The Bertz CT molecular complexity index is 689. The first-order valence-corrected chi connectivity index (χ1v) is 8.37. The van der Waals surface area contributed by atoms with Crippen LogP contribution in [-0.2, 0) is 23.1 Å². The van der Waals surface area contributed by atoms with E-state index in [0.717, 1.165) is 9.88 Å². The van der Waals surface area contributed by atoms with Gasteiger partial charge >= 0.3 is 0 Å². The van der Waals surface area contributed by atoms with Crippen molar-refractivity contribution < 1.29 is 12.8 Å². The van der Waals surface area contributed by atoms with Crippen LogP contribution >= 0.6 is 11.3 Å². The van der Waals surface area contributed by atoms with Gasteiger partial charge in [0.05, 0.1) is 11.6 Å². The molecule has 0 aliphatic carbocycles. The zero-order valence-electron chi connectivity index (χ0n) is 11.6. The summed E-state index contributed by atoms with van der Waals surface area (Å²) in [6.07, 6.45) is 1.68. The zero-order chi connectivity index (χ0) is 14.8. The molecule has 20 heavy (non-hydrogen) atoms. The Morgan fingerprint density at radius 3 is 2.70 bits per heavy atom. The molecular formula is C12H17N3O3S2. The van der Waals surface area contributed by atoms with E-state index in [2.05, 4.69) is 15.0 Å². The summed E-state index contributed by atoms with van der Waals surface area (Å²) < 4.78 is 32.5. The SMILES string of the molecule is CNCc1cc(S(=O)(=O)NCc2cnc(C)s2)c(C)o1. The Balaban J connectivity index is 2.13. The van der Waals surface area contributed by atoms with Crippen LogP contribution in [0.4, 0.5) is 0 Å². The molecule has 0 aromatic carbocycles. The number of aryl methyl sites for hydroxylation is 2. The van der Waals surface area contributed by atoms with Crippen LogP contribution in [0.25, 0.3) is 0 Å². The third-order valence-corrected chi connectivity index (χ3v) is 5.09. The average molecular weight is 315 g/mol. The predicted molar refractivity (Wildman–Crippen MR) is 77.1 cm³/mol. The van der Waals surface area contributed by atoms with Crippen molar-refractivity contribution in [3.63, 3.8) is 0 Å². The molecule has 8 heteroatoms. The molecule has 0 fully saturated rings. The van der Waals surface area contributed by atoms with Gasteiger partial charge in [0.25, 0.3) is 0 Å². The number of nitrogens with zero attached hydrogens (tertiary/aromatic N) is 1. The molecule has 110 valence electrons. The summed E-state index contributed by atoms with van der Waals surface area (Å²) >= 11 is 1.47. The Hall–Kier alpha value is -1.22. The van der Waals surface area contributed by atoms with Crippen molar-refractivity contribution in [3.05, 3.63) is 33.7 Å². The number of sulfonamides is 1. The van der Waals surface area contributed by atoms with Crippen LogP contribution in [0.1, 0.15) is 21.4 Å². The van der Waals surface area contributed by atoms with Gasteiger partial charge in [-0.15, -0.1) is 11.3 Å². The van der Waals surface area contributed by atoms with Gasteiger partial charge in [0, 0.05) is 23.7 Å². The first-order chi connectivity index (χ1) is 9.42. The Labute approximate surface area is 122 Å². The average Bonchev–Trinajstić information content (AvgIpc) is 2.94. The molecule has 2 heterocycles. The van der Waals surface area contributed by atoms with Gasteiger partial charge in [0.15, 0.2) is 0 Å². The highest BCUT2D eigenvalue weighted by atomic mass is 32.2. The van der Waals surface area contributed by atoms with E-state index in [4.69, 9.17) is 4.42 Å². The van der Waals surface area contributed by atoms with Crippen molar-refractivity contribution in [2.24, 2.45) is 0 Å². The molecule has 2 aromatic heterocycles. The van der Waals surface area contributed by atoms with Gasteiger partial charge < -0.3 is 9.73 Å². The summed E-state index contributed by atoms with van der Waals surface area (Å²) in [5.41, 5.74) is 0. The van der Waals surface area contributed by atoms with Crippen molar-refractivity contribution in [1.82, 2.24) is 15.0 Å². The number of thiazole rings is 1. The van der Waals surface area contributed by atoms with Crippen LogP contribution in [0.5, 0.6) is 0 Å². The van der Waals surface area contributed by atoms with Crippen LogP contribution in [0, 0.1) is 13.8 Å². The topological polar surface area (TPSA) is 84.2 Å². The van der Waals surface area contributed by atoms with E-state index in [1.54, 1.807) is 26.2 Å². The highest BCUT2D eigenvalue weighted by molar-refractivity contribution is 7.89. The molecule has 2 aromatic rings. The lowest BCUT2D eigenvalue weighted by Crippen LogP contribution is -2.23. The number of furan rings is 1. The Morgan fingerprint density at radius 1 is 1.35 bits per heavy atom. The van der Waals surface area contributed by atoms with Crippen LogP contribution in [-0.4, -0.2) is 20.4 Å². The van der Waals surface area contributed by atoms with Gasteiger partial charge in [-0.2, -0.15) is 0 Å². The molecule has 0 aliphatic rings. The van der Waals surface area contributed by atoms with E-state index in [9.17, 15) is 8.42 Å². The minimum atomic E-state index is -3.57. The molecule has 0 amide bonds. The van der Waals surface area contributed by atoms with Gasteiger partial charge in [0.1, 0.15) is 16.4 Å². The fraction of sp³-hybridized carbons (Fsp3) is 0.417. The molecule has 0 atom stereocenters. The Kier molecular flexibility index (Phi) is 4.59. The maximum absolute atomic E-state index is 12.2. The smallest absolute Gasteiger partial charge is 0.244 e. The fourth-order valence-corrected chi connectivity index (χ4v) is 3.82. The second kappa shape index (κ2) is 6.04. The highest BCUT2D eigenvalue weighted by Gasteiger charge is 2.21. The summed E-state index contributed by atoms with van der Waals surface area (Å²) in [5.74, 6) is 0.988. The van der Waals surface area contributed by atoms with Crippen LogP contribution < -0.4 is 10.0 Å². The van der Waals surface area contributed by atoms with Crippen molar-refractivity contribution in [1.29, 1.82) is 0 Å². The van der Waals surface area contributed by atoms with E-state index in [-0.39, 0.29) is 11.4 Å². The minimum absolute atomic E-state index is 0.184. The number of aromatic nitrogens is 1. The summed E-state index contributed by atoms with van der Waals surface area (Å²) in [6.45, 7) is 4.25. The number of nitrogens with one attached hydrogen (secondary N) is 2. The number of rotatable bonds is 6. The summed E-state index contributed by atoms with van der Waals surface area (Å²) in [5, 5.41) is 3.83. The molecule has 2 N–H and O–H groups in total. The van der Waals surface area contributed by atoms with Gasteiger partial charge in [-0.1, -0.05) is 0 Å². The second-order valence-electron chi connectivity index (χ2n) is 4.33. The maximum atomic E-state index is 12.2. The summed E-state index contributed by atoms with van der Waals surface area (Å²) in [7, 11) is -1.80. The van der Waals surface area contributed by atoms with Crippen LogP contribution in [0.15, 0.2) is 21.6 Å². The molecule has 0 aliphatic heterocycles. The summed E-state index contributed by atoms with van der Waals surface area (Å²) in [4.78, 5) is 5.15. The lowest BCUT2D eigenvalue weighted by atomic mass is 10.4. The first kappa shape index (κ1) is 15.2. The van der Waals surface area contributed by atoms with Gasteiger partial charge in [-0.3, -0.25) is 0 Å². The second-order valence-corrected chi connectivity index (χ2v) is 7.39. The lowest BCUT2D eigenvalue weighted by molar-refractivity contribution is 0.465. The van der Waals surface area contributed by atoms with Crippen molar-refractivity contribution in [2.75, 3.05) is 7.05 Å². The van der Waals surface area contributed by atoms with Gasteiger partial charge in [0.2, 0.25) is 10.0 Å². The third-order valence-electron chi connectivity index (χ3n) is 2.67. The fourth-order valence-electron chi connectivity index (χ4n) is 1.78. The predicted octanol–water partition coefficient (Wildman–Crippen LogP) is 1.55. The van der Waals surface area contributed by atoms with E-state index in [0.29, 0.717) is 18.1 Å². The van der Waals surface area contributed by atoms with E-state index >= 15 is 0 Å². The molecule has 0 bridgehead atoms. The molecule has 0 spiro atoms. The van der Waals surface area contributed by atoms with Crippen molar-refractivity contribution in [2.45, 2.75) is 31.8 Å². The summed E-state index contributed by atoms with van der Waals surface area (Å²) in [6, 6.07) is 1.55. The molecule has 0 unspecified atom stereocenters. The van der Waals surface area contributed by atoms with Crippen molar-refractivity contribution >= 4 is 21.4 Å². The maximum Gasteiger partial charge on any atom is 0.244 e. The highest BCUT2D eigenvalue weighted by Crippen LogP contribution is 2.20. The quantitative estimate of drug-likeness (QED) is 0.845. The first-order valence-electron chi connectivity index (χ1n) is 6.07. The molecule has 0 saturated carbocycles. The normalized spacial score (nSPS) is 11.9. The van der Waals surface area contributed by atoms with Crippen LogP contribution in [0.3, 0.4) is 0 Å². The largest absolute Gasteiger partial charge is 0.464 e.